The van der Waals surface area contributed by atoms with Gasteiger partial charge >= 0.3 is 0 Å². The molecule has 90 valence electrons. The Labute approximate surface area is 96.6 Å². The Morgan fingerprint density at radius 2 is 1.80 bits per heavy atom. The molecule has 1 atom stereocenters. The molecule has 1 aliphatic carbocycles. The summed E-state index contributed by atoms with van der Waals surface area (Å²) in [6, 6.07) is 0. The smallest absolute Gasteiger partial charge is 0.235 e. The first kappa shape index (κ1) is 13.3. The van der Waals surface area contributed by atoms with Crippen molar-refractivity contribution in [2.45, 2.75) is 44.6 Å². The highest BCUT2D eigenvalue weighted by atomic mass is 35.7. The van der Waals surface area contributed by atoms with E-state index in [1.54, 1.807) is 7.11 Å². The Morgan fingerprint density at radius 3 is 2.20 bits per heavy atom. The molecule has 5 heteroatoms. The molecule has 0 saturated heterocycles. The van der Waals surface area contributed by atoms with Crippen LogP contribution in [0.5, 0.6) is 0 Å². The molecule has 1 rings (SSSR count). The maximum absolute atomic E-state index is 11.0. The lowest BCUT2D eigenvalue weighted by Crippen LogP contribution is -2.29. The van der Waals surface area contributed by atoms with Gasteiger partial charge in [-0.05, 0) is 18.8 Å². The number of ether oxygens (including phenoxy) is 1. The van der Waals surface area contributed by atoms with E-state index < -0.39 is 9.05 Å². The fourth-order valence-corrected chi connectivity index (χ4v) is 3.45. The Balaban J connectivity index is 2.55. The Kier molecular flexibility index (Phi) is 5.36. The highest BCUT2D eigenvalue weighted by Crippen LogP contribution is 2.27. The third-order valence-corrected chi connectivity index (χ3v) is 4.20. The van der Waals surface area contributed by atoms with Crippen LogP contribution in [0.15, 0.2) is 0 Å². The van der Waals surface area contributed by atoms with Crippen LogP contribution in [0.25, 0.3) is 0 Å². The number of rotatable bonds is 4. The standard InChI is InChI=1S/C10H19ClO3S/c1-14-10(8-15(11,12)13)9-6-4-2-3-5-7-9/h9-10H,2-8H2,1H3. The summed E-state index contributed by atoms with van der Waals surface area (Å²) in [5.74, 6) is 0.293. The van der Waals surface area contributed by atoms with E-state index in [1.165, 1.54) is 25.7 Å². The van der Waals surface area contributed by atoms with Gasteiger partial charge in [0, 0.05) is 17.8 Å². The maximum Gasteiger partial charge on any atom is 0.235 e. The molecule has 0 heterocycles. The molecule has 0 radical (unpaired) electrons. The molecule has 0 bridgehead atoms. The fraction of sp³-hybridized carbons (Fsp3) is 1.00. The molecule has 1 fully saturated rings. The highest BCUT2D eigenvalue weighted by Gasteiger charge is 2.26. The van der Waals surface area contributed by atoms with Crippen LogP contribution in [0.4, 0.5) is 0 Å². The van der Waals surface area contributed by atoms with E-state index in [4.69, 9.17) is 15.4 Å². The normalized spacial score (nSPS) is 22.3. The zero-order valence-electron chi connectivity index (χ0n) is 9.12. The average molecular weight is 255 g/mol. The molecule has 3 nitrogen and oxygen atoms in total. The van der Waals surface area contributed by atoms with Crippen LogP contribution in [0.3, 0.4) is 0 Å². The first-order chi connectivity index (χ1) is 7.03. The summed E-state index contributed by atoms with van der Waals surface area (Å²) < 4.78 is 27.3. The molecule has 15 heavy (non-hydrogen) atoms. The second-order valence-corrected chi connectivity index (χ2v) is 7.05. The molecular formula is C10H19ClO3S. The van der Waals surface area contributed by atoms with Crippen molar-refractivity contribution in [1.82, 2.24) is 0 Å². The summed E-state index contributed by atoms with van der Waals surface area (Å²) in [5, 5.41) is 0. The van der Waals surface area contributed by atoms with Crippen LogP contribution in [0.1, 0.15) is 38.5 Å². The SMILES string of the molecule is COC(CS(=O)(=O)Cl)C1CCCCCC1. The summed E-state index contributed by atoms with van der Waals surface area (Å²) >= 11 is 0. The molecule has 1 aliphatic rings. The van der Waals surface area contributed by atoms with Crippen molar-refractivity contribution in [1.29, 1.82) is 0 Å². The van der Waals surface area contributed by atoms with Gasteiger partial charge in [-0.2, -0.15) is 0 Å². The molecule has 1 saturated carbocycles. The van der Waals surface area contributed by atoms with Gasteiger partial charge in [-0.3, -0.25) is 0 Å². The van der Waals surface area contributed by atoms with Crippen LogP contribution < -0.4 is 0 Å². The van der Waals surface area contributed by atoms with E-state index in [2.05, 4.69) is 0 Å². The topological polar surface area (TPSA) is 43.4 Å². The summed E-state index contributed by atoms with van der Waals surface area (Å²) in [5.41, 5.74) is 0. The minimum atomic E-state index is -3.45. The van der Waals surface area contributed by atoms with Gasteiger partial charge in [-0.1, -0.05) is 25.7 Å². The highest BCUT2D eigenvalue weighted by molar-refractivity contribution is 8.13. The van der Waals surface area contributed by atoms with E-state index in [0.29, 0.717) is 5.92 Å². The van der Waals surface area contributed by atoms with Gasteiger partial charge in [0.25, 0.3) is 0 Å². The predicted molar refractivity (Wildman–Crippen MR) is 61.6 cm³/mol. The summed E-state index contributed by atoms with van der Waals surface area (Å²) in [6.07, 6.45) is 6.74. The fourth-order valence-electron chi connectivity index (χ4n) is 2.28. The number of halogens is 1. The number of methoxy groups -OCH3 is 1. The van der Waals surface area contributed by atoms with Gasteiger partial charge in [0.2, 0.25) is 9.05 Å². The van der Waals surface area contributed by atoms with Crippen LogP contribution in [-0.4, -0.2) is 27.4 Å². The van der Waals surface area contributed by atoms with Crippen molar-refractivity contribution >= 4 is 19.7 Å². The minimum Gasteiger partial charge on any atom is -0.380 e. The molecule has 0 aromatic heterocycles. The van der Waals surface area contributed by atoms with Gasteiger partial charge in [0.15, 0.2) is 0 Å². The van der Waals surface area contributed by atoms with Crippen LogP contribution in [0, 0.1) is 5.92 Å². The van der Waals surface area contributed by atoms with Gasteiger partial charge in [-0.15, -0.1) is 0 Å². The second-order valence-electron chi connectivity index (χ2n) is 4.23. The van der Waals surface area contributed by atoms with Crippen LogP contribution in [-0.2, 0) is 13.8 Å². The summed E-state index contributed by atoms with van der Waals surface area (Å²) in [6.45, 7) is 0. The molecule has 0 aromatic carbocycles. The lowest BCUT2D eigenvalue weighted by Gasteiger charge is -2.23. The van der Waals surface area contributed by atoms with Crippen molar-refractivity contribution in [3.8, 4) is 0 Å². The Bertz CT molecular complexity index is 268. The van der Waals surface area contributed by atoms with Crippen molar-refractivity contribution in [2.75, 3.05) is 12.9 Å². The lowest BCUT2D eigenvalue weighted by atomic mass is 9.95. The van der Waals surface area contributed by atoms with Crippen molar-refractivity contribution in [3.05, 3.63) is 0 Å². The summed E-state index contributed by atoms with van der Waals surface area (Å²) in [7, 11) is 3.38. The van der Waals surface area contributed by atoms with Gasteiger partial charge in [-0.25, -0.2) is 8.42 Å². The molecular weight excluding hydrogens is 236 g/mol. The molecule has 1 unspecified atom stereocenters. The first-order valence-electron chi connectivity index (χ1n) is 5.48. The second kappa shape index (κ2) is 6.06. The quantitative estimate of drug-likeness (QED) is 0.572. The molecule has 0 N–H and O–H groups in total. The average Bonchev–Trinajstić information content (AvgIpc) is 2.40. The zero-order valence-corrected chi connectivity index (χ0v) is 10.7. The van der Waals surface area contributed by atoms with E-state index >= 15 is 0 Å². The van der Waals surface area contributed by atoms with E-state index in [1.807, 2.05) is 0 Å². The Hall–Kier alpha value is 0.200. The lowest BCUT2D eigenvalue weighted by molar-refractivity contribution is 0.0630. The van der Waals surface area contributed by atoms with Crippen LogP contribution >= 0.6 is 10.7 Å². The van der Waals surface area contributed by atoms with Gasteiger partial charge < -0.3 is 4.74 Å². The predicted octanol–water partition coefficient (Wildman–Crippen LogP) is 2.54. The van der Waals surface area contributed by atoms with Gasteiger partial charge in [0.1, 0.15) is 0 Å². The molecule has 0 aromatic rings. The first-order valence-corrected chi connectivity index (χ1v) is 7.96. The van der Waals surface area contributed by atoms with Crippen LogP contribution in [0.2, 0.25) is 0 Å². The third-order valence-electron chi connectivity index (χ3n) is 3.09. The van der Waals surface area contributed by atoms with E-state index in [0.717, 1.165) is 12.8 Å². The largest absolute Gasteiger partial charge is 0.380 e. The van der Waals surface area contributed by atoms with E-state index in [9.17, 15) is 8.42 Å². The van der Waals surface area contributed by atoms with Crippen molar-refractivity contribution < 1.29 is 13.2 Å². The molecule has 0 amide bonds. The minimum absolute atomic E-state index is 0.0598. The molecule has 0 spiro atoms. The van der Waals surface area contributed by atoms with Gasteiger partial charge in [0.05, 0.1) is 11.9 Å². The van der Waals surface area contributed by atoms with Crippen molar-refractivity contribution in [3.63, 3.8) is 0 Å². The summed E-state index contributed by atoms with van der Waals surface area (Å²) in [4.78, 5) is 0. The molecule has 0 aliphatic heterocycles. The van der Waals surface area contributed by atoms with E-state index in [-0.39, 0.29) is 11.9 Å². The van der Waals surface area contributed by atoms with Crippen molar-refractivity contribution in [2.24, 2.45) is 5.92 Å². The third kappa shape index (κ3) is 5.18. The zero-order chi connectivity index (χ0) is 11.3. The monoisotopic (exact) mass is 254 g/mol. The number of hydrogen-bond donors (Lipinski definition) is 0. The Morgan fingerprint density at radius 1 is 1.27 bits per heavy atom. The number of hydrogen-bond acceptors (Lipinski definition) is 3. The maximum atomic E-state index is 11.0.